The molecular formula is C15H24ClNO2S. The minimum Gasteiger partial charge on any atom is -0.208 e. The SMILES string of the molecule is CCCc1ccc(S(=O)(=O)NC(CCCl)C(C)C)cc1. The number of hydrogen-bond donors (Lipinski definition) is 1. The first-order valence-electron chi connectivity index (χ1n) is 7.08. The highest BCUT2D eigenvalue weighted by Gasteiger charge is 2.21. The molecule has 0 radical (unpaired) electrons. The lowest BCUT2D eigenvalue weighted by Crippen LogP contribution is -2.38. The van der Waals surface area contributed by atoms with Gasteiger partial charge >= 0.3 is 0 Å². The lowest BCUT2D eigenvalue weighted by Gasteiger charge is -2.21. The van der Waals surface area contributed by atoms with Gasteiger partial charge in [0.2, 0.25) is 10.0 Å². The Hall–Kier alpha value is -0.580. The van der Waals surface area contributed by atoms with Crippen molar-refractivity contribution >= 4 is 21.6 Å². The van der Waals surface area contributed by atoms with Crippen molar-refractivity contribution in [3.05, 3.63) is 29.8 Å². The number of rotatable bonds is 8. The van der Waals surface area contributed by atoms with Crippen LogP contribution in [0.2, 0.25) is 0 Å². The van der Waals surface area contributed by atoms with Gasteiger partial charge in [-0.1, -0.05) is 39.3 Å². The number of hydrogen-bond acceptors (Lipinski definition) is 2. The number of sulfonamides is 1. The monoisotopic (exact) mass is 317 g/mol. The Bertz CT molecular complexity index is 497. The maximum absolute atomic E-state index is 12.3. The molecule has 0 aliphatic rings. The van der Waals surface area contributed by atoms with E-state index in [1.54, 1.807) is 12.1 Å². The van der Waals surface area contributed by atoms with Crippen LogP contribution in [0.5, 0.6) is 0 Å². The predicted molar refractivity (Wildman–Crippen MR) is 84.7 cm³/mol. The Morgan fingerprint density at radius 3 is 2.25 bits per heavy atom. The molecule has 114 valence electrons. The van der Waals surface area contributed by atoms with Gasteiger partial charge < -0.3 is 0 Å². The first-order chi connectivity index (χ1) is 9.40. The first kappa shape index (κ1) is 17.5. The molecule has 0 aliphatic carbocycles. The molecule has 0 saturated heterocycles. The number of halogens is 1. The quantitative estimate of drug-likeness (QED) is 0.745. The van der Waals surface area contributed by atoms with Crippen LogP contribution in [0.3, 0.4) is 0 Å². The van der Waals surface area contributed by atoms with Crippen LogP contribution in [-0.4, -0.2) is 20.3 Å². The molecule has 0 spiro atoms. The molecule has 0 saturated carbocycles. The van der Waals surface area contributed by atoms with Crippen molar-refractivity contribution in [2.45, 2.75) is 51.0 Å². The fourth-order valence-corrected chi connectivity index (χ4v) is 3.69. The zero-order valence-corrected chi connectivity index (χ0v) is 14.0. The van der Waals surface area contributed by atoms with Crippen molar-refractivity contribution in [1.29, 1.82) is 0 Å². The van der Waals surface area contributed by atoms with Crippen LogP contribution in [0.1, 0.15) is 39.2 Å². The molecule has 0 fully saturated rings. The molecule has 1 N–H and O–H groups in total. The summed E-state index contributed by atoms with van der Waals surface area (Å²) in [4.78, 5) is 0.317. The summed E-state index contributed by atoms with van der Waals surface area (Å²) in [6.07, 6.45) is 2.65. The van der Waals surface area contributed by atoms with Crippen LogP contribution in [0.4, 0.5) is 0 Å². The maximum atomic E-state index is 12.3. The predicted octanol–water partition coefficient (Wildman–Crippen LogP) is 3.57. The standard InChI is InChI=1S/C15H24ClNO2S/c1-4-5-13-6-8-14(9-7-13)20(18,19)17-15(10-11-16)12(2)3/h6-9,12,15,17H,4-5,10-11H2,1-3H3. The van der Waals surface area contributed by atoms with E-state index in [4.69, 9.17) is 11.6 Å². The van der Waals surface area contributed by atoms with Crippen molar-refractivity contribution in [3.8, 4) is 0 Å². The van der Waals surface area contributed by atoms with E-state index in [9.17, 15) is 8.42 Å². The van der Waals surface area contributed by atoms with Crippen LogP contribution >= 0.6 is 11.6 Å². The summed E-state index contributed by atoms with van der Waals surface area (Å²) >= 11 is 5.74. The molecule has 0 aliphatic heterocycles. The van der Waals surface area contributed by atoms with Crippen LogP contribution in [-0.2, 0) is 16.4 Å². The molecule has 5 heteroatoms. The van der Waals surface area contributed by atoms with E-state index in [2.05, 4.69) is 11.6 Å². The van der Waals surface area contributed by atoms with E-state index in [0.29, 0.717) is 17.2 Å². The van der Waals surface area contributed by atoms with Crippen LogP contribution in [0.25, 0.3) is 0 Å². The molecule has 3 nitrogen and oxygen atoms in total. The highest BCUT2D eigenvalue weighted by molar-refractivity contribution is 7.89. The van der Waals surface area contributed by atoms with Gasteiger partial charge in [-0.3, -0.25) is 0 Å². The third-order valence-corrected chi connectivity index (χ3v) is 5.03. The first-order valence-corrected chi connectivity index (χ1v) is 9.09. The summed E-state index contributed by atoms with van der Waals surface area (Å²) in [5.74, 6) is 0.656. The largest absolute Gasteiger partial charge is 0.240 e. The zero-order valence-electron chi connectivity index (χ0n) is 12.4. The minimum atomic E-state index is -3.47. The van der Waals surface area contributed by atoms with Gasteiger partial charge in [0.05, 0.1) is 4.90 Å². The molecule has 0 aromatic heterocycles. The second-order valence-corrected chi connectivity index (χ2v) is 7.44. The third kappa shape index (κ3) is 5.08. The highest BCUT2D eigenvalue weighted by Crippen LogP contribution is 2.15. The smallest absolute Gasteiger partial charge is 0.208 e. The number of benzene rings is 1. The Morgan fingerprint density at radius 2 is 1.80 bits per heavy atom. The van der Waals surface area contributed by atoms with Crippen LogP contribution in [0, 0.1) is 5.92 Å². The van der Waals surface area contributed by atoms with Gasteiger partial charge in [-0.15, -0.1) is 11.6 Å². The second-order valence-electron chi connectivity index (χ2n) is 5.34. The molecule has 0 amide bonds. The molecule has 0 bridgehead atoms. The summed E-state index contributed by atoms with van der Waals surface area (Å²) in [6.45, 7) is 6.08. The van der Waals surface area contributed by atoms with E-state index in [1.807, 2.05) is 26.0 Å². The van der Waals surface area contributed by atoms with Crippen LogP contribution < -0.4 is 4.72 Å². The maximum Gasteiger partial charge on any atom is 0.240 e. The summed E-state index contributed by atoms with van der Waals surface area (Å²) in [5, 5.41) is 0. The molecule has 1 aromatic carbocycles. The Morgan fingerprint density at radius 1 is 1.20 bits per heavy atom. The van der Waals surface area contributed by atoms with Gasteiger partial charge in [-0.2, -0.15) is 0 Å². The van der Waals surface area contributed by atoms with Gasteiger partial charge in [0.1, 0.15) is 0 Å². The molecule has 1 aromatic rings. The average Bonchev–Trinajstić information content (AvgIpc) is 2.39. The minimum absolute atomic E-state index is 0.132. The lowest BCUT2D eigenvalue weighted by molar-refractivity contribution is 0.439. The van der Waals surface area contributed by atoms with Crippen molar-refractivity contribution in [1.82, 2.24) is 4.72 Å². The molecule has 1 atom stereocenters. The summed E-state index contributed by atoms with van der Waals surface area (Å²) < 4.78 is 27.4. The van der Waals surface area contributed by atoms with E-state index < -0.39 is 10.0 Å². The summed E-state index contributed by atoms with van der Waals surface area (Å²) in [7, 11) is -3.47. The van der Waals surface area contributed by atoms with Crippen molar-refractivity contribution in [2.75, 3.05) is 5.88 Å². The van der Waals surface area contributed by atoms with Gasteiger partial charge in [0.25, 0.3) is 0 Å². The van der Waals surface area contributed by atoms with E-state index in [1.165, 1.54) is 0 Å². The molecule has 20 heavy (non-hydrogen) atoms. The molecular weight excluding hydrogens is 294 g/mol. The fourth-order valence-electron chi connectivity index (χ4n) is 2.04. The molecule has 1 unspecified atom stereocenters. The Kier molecular flexibility index (Phi) is 7.00. The van der Waals surface area contributed by atoms with E-state index >= 15 is 0 Å². The second kappa shape index (κ2) is 8.01. The van der Waals surface area contributed by atoms with Crippen molar-refractivity contribution in [3.63, 3.8) is 0 Å². The number of alkyl halides is 1. The summed E-state index contributed by atoms with van der Waals surface area (Å²) in [5.41, 5.74) is 1.16. The summed E-state index contributed by atoms with van der Waals surface area (Å²) in [6, 6.07) is 6.97. The lowest BCUT2D eigenvalue weighted by atomic mass is 10.0. The van der Waals surface area contributed by atoms with Crippen LogP contribution in [0.15, 0.2) is 29.2 Å². The van der Waals surface area contributed by atoms with Gasteiger partial charge in [0.15, 0.2) is 0 Å². The zero-order chi connectivity index (χ0) is 15.2. The van der Waals surface area contributed by atoms with Gasteiger partial charge in [-0.05, 0) is 36.5 Å². The fraction of sp³-hybridized carbons (Fsp3) is 0.600. The number of aryl methyl sites for hydroxylation is 1. The van der Waals surface area contributed by atoms with E-state index in [-0.39, 0.29) is 12.0 Å². The third-order valence-electron chi connectivity index (χ3n) is 3.30. The van der Waals surface area contributed by atoms with Crippen molar-refractivity contribution < 1.29 is 8.42 Å². The van der Waals surface area contributed by atoms with Crippen molar-refractivity contribution in [2.24, 2.45) is 5.92 Å². The molecule has 1 rings (SSSR count). The molecule has 0 heterocycles. The average molecular weight is 318 g/mol. The number of nitrogens with one attached hydrogen (secondary N) is 1. The van der Waals surface area contributed by atoms with E-state index in [0.717, 1.165) is 18.4 Å². The Labute approximate surface area is 127 Å². The van der Waals surface area contributed by atoms with Gasteiger partial charge in [-0.25, -0.2) is 13.1 Å². The normalized spacial score (nSPS) is 13.7. The topological polar surface area (TPSA) is 46.2 Å². The highest BCUT2D eigenvalue weighted by atomic mass is 35.5. The van der Waals surface area contributed by atoms with Gasteiger partial charge in [0, 0.05) is 11.9 Å². The Balaban J connectivity index is 2.86.